The SMILES string of the molecule is COc1cccc(-c2cc(C(=O)N3CCC(N4CCc5sccc5C4)CC3)n(C)n2)c1. The molecule has 2 aromatic heterocycles. The third kappa shape index (κ3) is 4.00. The van der Waals surface area contributed by atoms with E-state index in [2.05, 4.69) is 21.4 Å². The molecule has 0 unspecified atom stereocenters. The third-order valence-corrected chi connectivity index (χ3v) is 7.59. The lowest BCUT2D eigenvalue weighted by atomic mass is 9.99. The summed E-state index contributed by atoms with van der Waals surface area (Å²) in [5.74, 6) is 0.853. The second kappa shape index (κ2) is 8.48. The molecule has 2 aliphatic rings. The van der Waals surface area contributed by atoms with Crippen LogP contribution in [-0.2, 0) is 20.0 Å². The van der Waals surface area contributed by atoms with Crippen LogP contribution < -0.4 is 4.74 Å². The third-order valence-electron chi connectivity index (χ3n) is 6.57. The Kier molecular flexibility index (Phi) is 5.54. The fourth-order valence-electron chi connectivity index (χ4n) is 4.77. The molecule has 0 bridgehead atoms. The maximum Gasteiger partial charge on any atom is 0.272 e. The molecule has 3 aromatic rings. The number of amides is 1. The second-order valence-electron chi connectivity index (χ2n) is 8.38. The highest BCUT2D eigenvalue weighted by molar-refractivity contribution is 7.10. The summed E-state index contributed by atoms with van der Waals surface area (Å²) in [7, 11) is 3.50. The van der Waals surface area contributed by atoms with Crippen molar-refractivity contribution in [2.24, 2.45) is 7.05 Å². The Hall–Kier alpha value is -2.64. The van der Waals surface area contributed by atoms with Crippen molar-refractivity contribution in [2.75, 3.05) is 26.7 Å². The molecular weight excluding hydrogens is 408 g/mol. The van der Waals surface area contributed by atoms with Gasteiger partial charge in [0.2, 0.25) is 0 Å². The second-order valence-corrected chi connectivity index (χ2v) is 9.38. The van der Waals surface area contributed by atoms with E-state index < -0.39 is 0 Å². The molecule has 0 radical (unpaired) electrons. The summed E-state index contributed by atoms with van der Waals surface area (Å²) in [6.07, 6.45) is 3.23. The van der Waals surface area contributed by atoms with Gasteiger partial charge in [-0.2, -0.15) is 5.10 Å². The molecular formula is C24H28N4O2S. The van der Waals surface area contributed by atoms with E-state index in [-0.39, 0.29) is 5.91 Å². The van der Waals surface area contributed by atoms with Crippen molar-refractivity contribution in [1.82, 2.24) is 19.6 Å². The summed E-state index contributed by atoms with van der Waals surface area (Å²) in [6, 6.07) is 12.5. The van der Waals surface area contributed by atoms with E-state index in [1.807, 2.05) is 53.6 Å². The van der Waals surface area contributed by atoms with Crippen molar-refractivity contribution in [3.8, 4) is 17.0 Å². The molecule has 162 valence electrons. The molecule has 1 amide bonds. The molecule has 2 aliphatic heterocycles. The Morgan fingerprint density at radius 2 is 2.00 bits per heavy atom. The van der Waals surface area contributed by atoms with Crippen molar-refractivity contribution in [3.63, 3.8) is 0 Å². The Morgan fingerprint density at radius 1 is 1.16 bits per heavy atom. The molecule has 1 fully saturated rings. The van der Waals surface area contributed by atoms with Crippen molar-refractivity contribution < 1.29 is 9.53 Å². The zero-order valence-electron chi connectivity index (χ0n) is 18.1. The number of thiophene rings is 1. The van der Waals surface area contributed by atoms with Crippen LogP contribution in [0.4, 0.5) is 0 Å². The number of fused-ring (bicyclic) bond motifs is 1. The van der Waals surface area contributed by atoms with Gasteiger partial charge in [0.25, 0.3) is 5.91 Å². The van der Waals surface area contributed by atoms with Crippen LogP contribution in [0.3, 0.4) is 0 Å². The maximum atomic E-state index is 13.2. The van der Waals surface area contributed by atoms with Gasteiger partial charge in [-0.3, -0.25) is 14.4 Å². The number of rotatable bonds is 4. The fourth-order valence-corrected chi connectivity index (χ4v) is 5.66. The Labute approximate surface area is 187 Å². The first-order valence-electron chi connectivity index (χ1n) is 10.9. The van der Waals surface area contributed by atoms with Gasteiger partial charge >= 0.3 is 0 Å². The van der Waals surface area contributed by atoms with E-state index in [1.54, 1.807) is 16.7 Å². The smallest absolute Gasteiger partial charge is 0.272 e. The number of benzene rings is 1. The number of aryl methyl sites for hydroxylation is 1. The summed E-state index contributed by atoms with van der Waals surface area (Å²) in [5, 5.41) is 6.79. The van der Waals surface area contributed by atoms with Crippen molar-refractivity contribution in [2.45, 2.75) is 31.8 Å². The topological polar surface area (TPSA) is 50.6 Å². The molecule has 31 heavy (non-hydrogen) atoms. The number of piperidine rings is 1. The summed E-state index contributed by atoms with van der Waals surface area (Å²) < 4.78 is 7.02. The first kappa shape index (κ1) is 20.3. The quantitative estimate of drug-likeness (QED) is 0.624. The molecule has 7 heteroatoms. The number of methoxy groups -OCH3 is 1. The average molecular weight is 437 g/mol. The first-order valence-corrected chi connectivity index (χ1v) is 11.8. The van der Waals surface area contributed by atoms with Gasteiger partial charge in [-0.15, -0.1) is 11.3 Å². The van der Waals surface area contributed by atoms with Crippen LogP contribution in [0.15, 0.2) is 41.8 Å². The standard InChI is InChI=1S/C24H28N4O2S/c1-26-22(15-21(25-26)17-4-3-5-20(14-17)30-2)24(29)27-10-6-19(7-11-27)28-12-8-23-18(16-28)9-13-31-23/h3-5,9,13-15,19H,6-8,10-12,16H2,1-2H3. The van der Waals surface area contributed by atoms with E-state index in [4.69, 9.17) is 4.74 Å². The molecule has 0 spiro atoms. The summed E-state index contributed by atoms with van der Waals surface area (Å²) in [6.45, 7) is 3.80. The molecule has 6 nitrogen and oxygen atoms in total. The normalized spacial score (nSPS) is 17.5. The van der Waals surface area contributed by atoms with Gasteiger partial charge in [-0.05, 0) is 54.5 Å². The summed E-state index contributed by atoms with van der Waals surface area (Å²) in [4.78, 5) is 19.4. The summed E-state index contributed by atoms with van der Waals surface area (Å²) >= 11 is 1.88. The molecule has 0 aliphatic carbocycles. The number of ether oxygens (including phenoxy) is 1. The van der Waals surface area contributed by atoms with Crippen LogP contribution in [0, 0.1) is 0 Å². The van der Waals surface area contributed by atoms with Gasteiger partial charge in [-0.25, -0.2) is 0 Å². The van der Waals surface area contributed by atoms with E-state index in [1.165, 1.54) is 5.56 Å². The van der Waals surface area contributed by atoms with Gasteiger partial charge in [0.1, 0.15) is 11.4 Å². The van der Waals surface area contributed by atoms with Crippen molar-refractivity contribution in [3.05, 3.63) is 57.9 Å². The number of nitrogens with zero attached hydrogens (tertiary/aromatic N) is 4. The summed E-state index contributed by atoms with van der Waals surface area (Å²) in [5.41, 5.74) is 3.87. The number of carbonyl (C=O) groups excluding carboxylic acids is 1. The minimum absolute atomic E-state index is 0.0707. The lowest BCUT2D eigenvalue weighted by Crippen LogP contribution is -2.48. The fraction of sp³-hybridized carbons (Fsp3) is 0.417. The molecule has 1 aromatic carbocycles. The van der Waals surface area contributed by atoms with E-state index in [9.17, 15) is 4.79 Å². The zero-order chi connectivity index (χ0) is 21.4. The number of likely N-dealkylation sites (tertiary alicyclic amines) is 1. The lowest BCUT2D eigenvalue weighted by molar-refractivity contribution is 0.0590. The van der Waals surface area contributed by atoms with Crippen LogP contribution in [0.5, 0.6) is 5.75 Å². The predicted molar refractivity (Wildman–Crippen MR) is 123 cm³/mol. The van der Waals surface area contributed by atoms with Gasteiger partial charge in [0.05, 0.1) is 12.8 Å². The lowest BCUT2D eigenvalue weighted by Gasteiger charge is -2.40. The van der Waals surface area contributed by atoms with Gasteiger partial charge in [0, 0.05) is 49.7 Å². The number of hydrogen-bond donors (Lipinski definition) is 0. The highest BCUT2D eigenvalue weighted by Gasteiger charge is 2.30. The predicted octanol–water partition coefficient (Wildman–Crippen LogP) is 3.82. The largest absolute Gasteiger partial charge is 0.497 e. The van der Waals surface area contributed by atoms with Crippen LogP contribution in [0.2, 0.25) is 0 Å². The highest BCUT2D eigenvalue weighted by Crippen LogP contribution is 2.29. The van der Waals surface area contributed by atoms with Gasteiger partial charge < -0.3 is 9.64 Å². The van der Waals surface area contributed by atoms with Gasteiger partial charge in [0.15, 0.2) is 0 Å². The molecule has 0 saturated carbocycles. The van der Waals surface area contributed by atoms with E-state index in [0.717, 1.165) is 62.4 Å². The molecule has 5 rings (SSSR count). The number of hydrogen-bond acceptors (Lipinski definition) is 5. The number of carbonyl (C=O) groups is 1. The van der Waals surface area contributed by atoms with Gasteiger partial charge in [-0.1, -0.05) is 12.1 Å². The Balaban J connectivity index is 1.24. The molecule has 0 N–H and O–H groups in total. The van der Waals surface area contributed by atoms with E-state index in [0.29, 0.717) is 11.7 Å². The first-order chi connectivity index (χ1) is 15.1. The van der Waals surface area contributed by atoms with Crippen LogP contribution >= 0.6 is 11.3 Å². The van der Waals surface area contributed by atoms with Crippen molar-refractivity contribution in [1.29, 1.82) is 0 Å². The Bertz CT molecular complexity index is 1080. The maximum absolute atomic E-state index is 13.2. The average Bonchev–Trinajstić information content (AvgIpc) is 3.44. The minimum atomic E-state index is 0.0707. The van der Waals surface area contributed by atoms with Crippen LogP contribution in [0.25, 0.3) is 11.3 Å². The molecule has 0 atom stereocenters. The highest BCUT2D eigenvalue weighted by atomic mass is 32.1. The van der Waals surface area contributed by atoms with Crippen LogP contribution in [-0.4, -0.2) is 58.3 Å². The zero-order valence-corrected chi connectivity index (χ0v) is 18.9. The minimum Gasteiger partial charge on any atom is -0.497 e. The molecule has 1 saturated heterocycles. The monoisotopic (exact) mass is 436 g/mol. The van der Waals surface area contributed by atoms with Crippen molar-refractivity contribution >= 4 is 17.2 Å². The van der Waals surface area contributed by atoms with Crippen LogP contribution in [0.1, 0.15) is 33.8 Å². The van der Waals surface area contributed by atoms with E-state index >= 15 is 0 Å². The Morgan fingerprint density at radius 3 is 2.81 bits per heavy atom. The number of aromatic nitrogens is 2. The molecule has 4 heterocycles.